The number of hydrogen-bond donors (Lipinski definition) is 5. The second-order valence-corrected chi connectivity index (χ2v) is 8.85. The van der Waals surface area contributed by atoms with Crippen molar-refractivity contribution in [2.45, 2.75) is 0 Å². The van der Waals surface area contributed by atoms with Gasteiger partial charge >= 0.3 is 0 Å². The first kappa shape index (κ1) is 24.3. The number of fused-ring (bicyclic) bond motifs is 1. The van der Waals surface area contributed by atoms with Gasteiger partial charge in [-0.3, -0.25) is 9.78 Å². The lowest BCUT2D eigenvalue weighted by molar-refractivity contribution is 0.102. The normalized spacial score (nSPS) is 10.7. The van der Waals surface area contributed by atoms with E-state index in [0.29, 0.717) is 17.1 Å². The Kier molecular flexibility index (Phi) is 6.60. The van der Waals surface area contributed by atoms with Gasteiger partial charge in [0.2, 0.25) is 5.95 Å². The Bertz CT molecular complexity index is 1580. The molecule has 190 valence electrons. The van der Waals surface area contributed by atoms with Crippen LogP contribution in [0, 0.1) is 0 Å². The van der Waals surface area contributed by atoms with E-state index in [2.05, 4.69) is 41.9 Å². The number of aromatic nitrogens is 3. The van der Waals surface area contributed by atoms with Crippen LogP contribution in [-0.2, 0) is 0 Å². The predicted molar refractivity (Wildman–Crippen MR) is 154 cm³/mol. The van der Waals surface area contributed by atoms with Crippen LogP contribution in [0.3, 0.4) is 0 Å². The van der Waals surface area contributed by atoms with Gasteiger partial charge < -0.3 is 32.3 Å². The number of carbonyl (C=O) groups is 1. The van der Waals surface area contributed by atoms with Crippen LogP contribution in [-0.4, -0.2) is 35.0 Å². The predicted octanol–water partition coefficient (Wildman–Crippen LogP) is 4.99. The number of nitrogens with two attached hydrogens (primary N) is 2. The summed E-state index contributed by atoms with van der Waals surface area (Å²) in [5.41, 5.74) is 17.1. The van der Waals surface area contributed by atoms with E-state index in [4.69, 9.17) is 11.5 Å². The van der Waals surface area contributed by atoms with Gasteiger partial charge in [-0.25, -0.2) is 0 Å². The monoisotopic (exact) mass is 505 g/mol. The molecule has 0 fully saturated rings. The Morgan fingerprint density at radius 3 is 2.18 bits per heavy atom. The van der Waals surface area contributed by atoms with E-state index < -0.39 is 0 Å². The Labute approximate surface area is 219 Å². The lowest BCUT2D eigenvalue weighted by atomic mass is 10.1. The molecule has 2 heterocycles. The molecule has 0 atom stereocenters. The van der Waals surface area contributed by atoms with Gasteiger partial charge in [0.05, 0.1) is 5.52 Å². The van der Waals surface area contributed by atoms with Crippen LogP contribution in [0.2, 0.25) is 0 Å². The highest BCUT2D eigenvalue weighted by Gasteiger charge is 2.09. The van der Waals surface area contributed by atoms with Crippen LogP contribution in [0.5, 0.6) is 0 Å². The fraction of sp³-hybridized carbons (Fsp3) is 0.0714. The van der Waals surface area contributed by atoms with Gasteiger partial charge in [-0.2, -0.15) is 9.97 Å². The molecule has 0 saturated heterocycles. The van der Waals surface area contributed by atoms with Crippen LogP contribution in [0.4, 0.5) is 46.0 Å². The molecular weight excluding hydrogens is 478 g/mol. The highest BCUT2D eigenvalue weighted by Crippen LogP contribution is 2.29. The van der Waals surface area contributed by atoms with Gasteiger partial charge in [0, 0.05) is 65.7 Å². The van der Waals surface area contributed by atoms with Crippen LogP contribution in [0.1, 0.15) is 10.4 Å². The summed E-state index contributed by atoms with van der Waals surface area (Å²) in [5.74, 6) is 0.602. The molecule has 0 radical (unpaired) electrons. The Morgan fingerprint density at radius 1 is 0.789 bits per heavy atom. The minimum atomic E-state index is -0.218. The van der Waals surface area contributed by atoms with Crippen LogP contribution in [0.25, 0.3) is 10.9 Å². The molecule has 0 aliphatic carbocycles. The molecule has 5 rings (SSSR count). The summed E-state index contributed by atoms with van der Waals surface area (Å²) in [6.45, 7) is 0. The van der Waals surface area contributed by atoms with Crippen molar-refractivity contribution in [3.05, 3.63) is 90.6 Å². The number of benzene rings is 3. The molecule has 2 aromatic heterocycles. The molecule has 5 aromatic rings. The first-order valence-corrected chi connectivity index (χ1v) is 11.9. The van der Waals surface area contributed by atoms with Gasteiger partial charge in [0.15, 0.2) is 0 Å². The molecule has 10 heteroatoms. The Morgan fingerprint density at radius 2 is 1.47 bits per heavy atom. The molecule has 1 amide bonds. The molecule has 10 nitrogen and oxygen atoms in total. The first-order valence-electron chi connectivity index (χ1n) is 11.9. The van der Waals surface area contributed by atoms with Gasteiger partial charge in [0.1, 0.15) is 11.6 Å². The van der Waals surface area contributed by atoms with Crippen molar-refractivity contribution in [1.82, 2.24) is 15.0 Å². The summed E-state index contributed by atoms with van der Waals surface area (Å²) in [7, 11) is 4.02. The van der Waals surface area contributed by atoms with E-state index >= 15 is 0 Å². The number of anilines is 8. The summed E-state index contributed by atoms with van der Waals surface area (Å²) in [6, 6.07) is 24.2. The maximum absolute atomic E-state index is 12.8. The van der Waals surface area contributed by atoms with E-state index in [0.717, 1.165) is 33.7 Å². The average molecular weight is 506 g/mol. The molecule has 7 N–H and O–H groups in total. The third kappa shape index (κ3) is 5.54. The van der Waals surface area contributed by atoms with Crippen molar-refractivity contribution in [2.75, 3.05) is 46.4 Å². The number of nitrogens with zero attached hydrogens (tertiary/aromatic N) is 4. The third-order valence-corrected chi connectivity index (χ3v) is 5.85. The largest absolute Gasteiger partial charge is 0.383 e. The first-order chi connectivity index (χ1) is 18.3. The molecule has 0 saturated carbocycles. The van der Waals surface area contributed by atoms with Crippen molar-refractivity contribution < 1.29 is 4.79 Å². The summed E-state index contributed by atoms with van der Waals surface area (Å²) >= 11 is 0. The number of nitrogen functional groups attached to an aromatic ring is 2. The van der Waals surface area contributed by atoms with Crippen LogP contribution >= 0.6 is 0 Å². The number of carbonyl (C=O) groups excluding carboxylic acids is 1. The zero-order valence-corrected chi connectivity index (χ0v) is 20.9. The summed E-state index contributed by atoms with van der Waals surface area (Å²) in [4.78, 5) is 27.2. The third-order valence-electron chi connectivity index (χ3n) is 5.85. The summed E-state index contributed by atoms with van der Waals surface area (Å²) < 4.78 is 0. The van der Waals surface area contributed by atoms with Gasteiger partial charge in [0.25, 0.3) is 5.91 Å². The summed E-state index contributed by atoms with van der Waals surface area (Å²) in [6.07, 6.45) is 1.79. The fourth-order valence-corrected chi connectivity index (χ4v) is 3.92. The topological polar surface area (TPSA) is 147 Å². The van der Waals surface area contributed by atoms with Crippen molar-refractivity contribution in [2.24, 2.45) is 0 Å². The number of pyridine rings is 1. The number of hydrogen-bond acceptors (Lipinski definition) is 9. The SMILES string of the molecule is CN(C)c1ccc2nccc(Nc3ccc(NC(=O)c4ccc(Nc5cc(N)nc(N)n5)cc4)cc3)c2c1. The highest BCUT2D eigenvalue weighted by atomic mass is 16.1. The molecule has 38 heavy (non-hydrogen) atoms. The highest BCUT2D eigenvalue weighted by molar-refractivity contribution is 6.04. The molecule has 0 spiro atoms. The Hall–Kier alpha value is -5.38. The van der Waals surface area contributed by atoms with Gasteiger partial charge in [-0.15, -0.1) is 0 Å². The van der Waals surface area contributed by atoms with Crippen LogP contribution in [0.15, 0.2) is 85.1 Å². The van der Waals surface area contributed by atoms with E-state index in [1.165, 1.54) is 0 Å². The standard InChI is InChI=1S/C28H27N9O/c1-37(2)21-11-12-23-22(15-21)24(13-14-31-23)32-18-7-9-20(10-8-18)34-27(38)17-3-5-19(6-4-17)33-26-16-25(29)35-28(30)36-26/h3-16H,1-2H3,(H,31,32)(H,34,38)(H5,29,30,33,35,36). The van der Waals surface area contributed by atoms with Crippen molar-refractivity contribution in [3.8, 4) is 0 Å². The van der Waals surface area contributed by atoms with Crippen molar-refractivity contribution >= 4 is 62.8 Å². The van der Waals surface area contributed by atoms with Crippen molar-refractivity contribution in [1.29, 1.82) is 0 Å². The van der Waals surface area contributed by atoms with Gasteiger partial charge in [-0.1, -0.05) is 0 Å². The van der Waals surface area contributed by atoms with E-state index in [-0.39, 0.29) is 17.7 Å². The Balaban J connectivity index is 1.24. The maximum atomic E-state index is 12.8. The van der Waals surface area contributed by atoms with Crippen LogP contribution < -0.4 is 32.3 Å². The van der Waals surface area contributed by atoms with E-state index in [9.17, 15) is 4.79 Å². The minimum absolute atomic E-state index is 0.0808. The molecule has 0 bridgehead atoms. The molecule has 0 aliphatic heterocycles. The smallest absolute Gasteiger partial charge is 0.255 e. The quantitative estimate of drug-likeness (QED) is 0.206. The zero-order valence-electron chi connectivity index (χ0n) is 20.9. The maximum Gasteiger partial charge on any atom is 0.255 e. The molecular formula is C28H27N9O. The lowest BCUT2D eigenvalue weighted by Gasteiger charge is -2.15. The van der Waals surface area contributed by atoms with E-state index in [1.807, 2.05) is 56.6 Å². The molecule has 0 unspecified atom stereocenters. The fourth-order valence-electron chi connectivity index (χ4n) is 3.92. The summed E-state index contributed by atoms with van der Waals surface area (Å²) in [5, 5.41) is 10.5. The number of nitrogens with one attached hydrogen (secondary N) is 3. The zero-order chi connectivity index (χ0) is 26.6. The second kappa shape index (κ2) is 10.3. The molecule has 3 aromatic carbocycles. The molecule has 0 aliphatic rings. The average Bonchev–Trinajstić information content (AvgIpc) is 2.89. The van der Waals surface area contributed by atoms with E-state index in [1.54, 1.807) is 36.5 Å². The minimum Gasteiger partial charge on any atom is -0.383 e. The number of rotatable bonds is 7. The number of amides is 1. The van der Waals surface area contributed by atoms with Gasteiger partial charge in [-0.05, 0) is 72.8 Å². The van der Waals surface area contributed by atoms with Crippen molar-refractivity contribution in [3.63, 3.8) is 0 Å². The second-order valence-electron chi connectivity index (χ2n) is 8.85. The lowest BCUT2D eigenvalue weighted by Crippen LogP contribution is -2.11.